The van der Waals surface area contributed by atoms with Crippen molar-refractivity contribution < 1.29 is 8.42 Å². The normalized spacial score (nSPS) is 13.2. The minimum Gasteiger partial charge on any atom is -0.387 e. The second-order valence-electron chi connectivity index (χ2n) is 2.54. The zero-order valence-corrected chi connectivity index (χ0v) is 8.89. The molecular weight excluding hydrogens is 190 g/mol. The topological polar surface area (TPSA) is 84.5 Å². The number of hydrogen-bond acceptors (Lipinski definition) is 3. The third kappa shape index (κ3) is 6.53. The molecule has 3 N–H and O–H groups in total. The van der Waals surface area contributed by atoms with Crippen LogP contribution in [-0.2, 0) is 10.0 Å². The van der Waals surface area contributed by atoms with Crippen molar-refractivity contribution in [2.45, 2.75) is 20.3 Å². The van der Waals surface area contributed by atoms with Gasteiger partial charge in [0.25, 0.3) is 0 Å². The van der Waals surface area contributed by atoms with Crippen LogP contribution in [0.1, 0.15) is 20.3 Å². The van der Waals surface area contributed by atoms with Crippen LogP contribution in [0.4, 0.5) is 0 Å². The zero-order chi connectivity index (χ0) is 10.3. The lowest BCUT2D eigenvalue weighted by Gasteiger charge is -2.01. The fourth-order valence-corrected chi connectivity index (χ4v) is 1.63. The first kappa shape index (κ1) is 12.4. The van der Waals surface area contributed by atoms with Crippen LogP contribution in [-0.4, -0.2) is 33.1 Å². The summed E-state index contributed by atoms with van der Waals surface area (Å²) in [5, 5.41) is 0. The van der Waals surface area contributed by atoms with Crippen LogP contribution < -0.4 is 10.5 Å². The van der Waals surface area contributed by atoms with Crippen LogP contribution in [0.25, 0.3) is 0 Å². The summed E-state index contributed by atoms with van der Waals surface area (Å²) in [5.74, 6) is 0.494. The highest BCUT2D eigenvalue weighted by Crippen LogP contribution is 1.85. The third-order valence-electron chi connectivity index (χ3n) is 1.40. The number of rotatable bonds is 6. The van der Waals surface area contributed by atoms with E-state index in [1.54, 1.807) is 6.92 Å². The van der Waals surface area contributed by atoms with Gasteiger partial charge >= 0.3 is 0 Å². The van der Waals surface area contributed by atoms with E-state index in [-0.39, 0.29) is 12.3 Å². The molecule has 0 radical (unpaired) electrons. The lowest BCUT2D eigenvalue weighted by Crippen LogP contribution is -2.27. The SMILES string of the molecule is CCNS(=O)(=O)CCN=C(N)CC. The second kappa shape index (κ2) is 5.93. The van der Waals surface area contributed by atoms with Gasteiger partial charge in [0.05, 0.1) is 18.1 Å². The Bertz CT molecular complexity index is 259. The number of hydrogen-bond donors (Lipinski definition) is 2. The Balaban J connectivity index is 3.89. The molecular formula is C7H17N3O2S. The molecule has 78 valence electrons. The van der Waals surface area contributed by atoms with E-state index >= 15 is 0 Å². The van der Waals surface area contributed by atoms with Gasteiger partial charge in [-0.1, -0.05) is 13.8 Å². The van der Waals surface area contributed by atoms with Crippen molar-refractivity contribution >= 4 is 15.9 Å². The summed E-state index contributed by atoms with van der Waals surface area (Å²) in [7, 11) is -3.15. The molecule has 0 aliphatic heterocycles. The molecule has 0 aromatic rings. The van der Waals surface area contributed by atoms with Gasteiger partial charge in [-0.2, -0.15) is 0 Å². The Kier molecular flexibility index (Phi) is 5.65. The van der Waals surface area contributed by atoms with E-state index in [1.165, 1.54) is 0 Å². The first-order valence-electron chi connectivity index (χ1n) is 4.28. The first-order chi connectivity index (χ1) is 6.02. The molecule has 0 bridgehead atoms. The molecule has 0 saturated carbocycles. The summed E-state index contributed by atoms with van der Waals surface area (Å²) in [6.07, 6.45) is 0.654. The molecule has 0 heterocycles. The first-order valence-corrected chi connectivity index (χ1v) is 5.93. The number of amidine groups is 1. The Labute approximate surface area is 79.5 Å². The highest BCUT2D eigenvalue weighted by molar-refractivity contribution is 7.89. The molecule has 0 aliphatic carbocycles. The molecule has 13 heavy (non-hydrogen) atoms. The van der Waals surface area contributed by atoms with Gasteiger partial charge in [-0.25, -0.2) is 13.1 Å². The molecule has 5 nitrogen and oxygen atoms in total. The Morgan fingerprint density at radius 3 is 2.54 bits per heavy atom. The van der Waals surface area contributed by atoms with Crippen molar-refractivity contribution in [2.75, 3.05) is 18.8 Å². The van der Waals surface area contributed by atoms with Crippen molar-refractivity contribution in [3.63, 3.8) is 0 Å². The summed E-state index contributed by atoms with van der Waals surface area (Å²) in [6, 6.07) is 0. The summed E-state index contributed by atoms with van der Waals surface area (Å²) in [6.45, 7) is 4.25. The average Bonchev–Trinajstić information content (AvgIpc) is 2.03. The standard InChI is InChI=1S/C7H17N3O2S/c1-3-7(8)9-5-6-13(11,12)10-4-2/h10H,3-6H2,1-2H3,(H2,8,9). The van der Waals surface area contributed by atoms with Crippen LogP contribution in [0.3, 0.4) is 0 Å². The van der Waals surface area contributed by atoms with Crippen LogP contribution in [0.15, 0.2) is 4.99 Å². The Morgan fingerprint density at radius 2 is 2.08 bits per heavy atom. The van der Waals surface area contributed by atoms with Gasteiger partial charge < -0.3 is 5.73 Å². The fraction of sp³-hybridized carbons (Fsp3) is 0.857. The number of aliphatic imine (C=N–C) groups is 1. The molecule has 0 aromatic carbocycles. The van der Waals surface area contributed by atoms with Gasteiger partial charge in [0.1, 0.15) is 0 Å². The van der Waals surface area contributed by atoms with Crippen LogP contribution >= 0.6 is 0 Å². The average molecular weight is 207 g/mol. The quantitative estimate of drug-likeness (QED) is 0.463. The van der Waals surface area contributed by atoms with Gasteiger partial charge in [0, 0.05) is 13.0 Å². The molecule has 0 saturated heterocycles. The predicted molar refractivity (Wildman–Crippen MR) is 54.2 cm³/mol. The molecule has 6 heteroatoms. The predicted octanol–water partition coefficient (Wildman–Crippen LogP) is -0.307. The highest BCUT2D eigenvalue weighted by atomic mass is 32.2. The maximum absolute atomic E-state index is 11.1. The van der Waals surface area contributed by atoms with Gasteiger partial charge in [-0.05, 0) is 0 Å². The number of nitrogens with zero attached hydrogens (tertiary/aromatic N) is 1. The maximum Gasteiger partial charge on any atom is 0.213 e. The fourth-order valence-electron chi connectivity index (χ4n) is 0.713. The minimum absolute atomic E-state index is 0.00153. The van der Waals surface area contributed by atoms with Crippen molar-refractivity contribution in [1.29, 1.82) is 0 Å². The van der Waals surface area contributed by atoms with Crippen LogP contribution in [0.2, 0.25) is 0 Å². The van der Waals surface area contributed by atoms with Gasteiger partial charge in [-0.3, -0.25) is 4.99 Å². The lowest BCUT2D eigenvalue weighted by molar-refractivity contribution is 0.584. The molecule has 0 spiro atoms. The summed E-state index contributed by atoms with van der Waals surface area (Å²) in [5.41, 5.74) is 5.41. The van der Waals surface area contributed by atoms with Crippen LogP contribution in [0, 0.1) is 0 Å². The number of sulfonamides is 1. The van der Waals surface area contributed by atoms with E-state index in [2.05, 4.69) is 9.71 Å². The highest BCUT2D eigenvalue weighted by Gasteiger charge is 2.06. The number of nitrogens with one attached hydrogen (secondary N) is 1. The van der Waals surface area contributed by atoms with Gasteiger partial charge in [0.15, 0.2) is 0 Å². The molecule has 0 unspecified atom stereocenters. The van der Waals surface area contributed by atoms with Gasteiger partial charge in [0.2, 0.25) is 10.0 Å². The van der Waals surface area contributed by atoms with Crippen LogP contribution in [0.5, 0.6) is 0 Å². The lowest BCUT2D eigenvalue weighted by atomic mass is 10.4. The van der Waals surface area contributed by atoms with Crippen molar-refractivity contribution in [3.05, 3.63) is 0 Å². The van der Waals surface area contributed by atoms with E-state index in [9.17, 15) is 8.42 Å². The monoisotopic (exact) mass is 207 g/mol. The van der Waals surface area contributed by atoms with E-state index < -0.39 is 10.0 Å². The van der Waals surface area contributed by atoms with Gasteiger partial charge in [-0.15, -0.1) is 0 Å². The molecule has 0 fully saturated rings. The van der Waals surface area contributed by atoms with Crippen molar-refractivity contribution in [2.24, 2.45) is 10.7 Å². The van der Waals surface area contributed by atoms with E-state index in [4.69, 9.17) is 5.73 Å². The third-order valence-corrected chi connectivity index (χ3v) is 2.85. The minimum atomic E-state index is -3.15. The molecule has 0 aromatic heterocycles. The van der Waals surface area contributed by atoms with Crippen molar-refractivity contribution in [1.82, 2.24) is 4.72 Å². The van der Waals surface area contributed by atoms with E-state index in [0.717, 1.165) is 0 Å². The second-order valence-corrected chi connectivity index (χ2v) is 4.47. The number of nitrogens with two attached hydrogens (primary N) is 1. The summed E-state index contributed by atoms with van der Waals surface area (Å²) in [4.78, 5) is 3.89. The molecule has 0 atom stereocenters. The largest absolute Gasteiger partial charge is 0.387 e. The molecule has 0 rings (SSSR count). The summed E-state index contributed by atoms with van der Waals surface area (Å²) >= 11 is 0. The molecule has 0 amide bonds. The summed E-state index contributed by atoms with van der Waals surface area (Å²) < 4.78 is 24.5. The molecule has 0 aliphatic rings. The van der Waals surface area contributed by atoms with E-state index in [1.807, 2.05) is 6.92 Å². The Morgan fingerprint density at radius 1 is 1.46 bits per heavy atom. The van der Waals surface area contributed by atoms with E-state index in [0.29, 0.717) is 18.8 Å². The van der Waals surface area contributed by atoms with Crippen molar-refractivity contribution in [3.8, 4) is 0 Å². The smallest absolute Gasteiger partial charge is 0.213 e. The Hall–Kier alpha value is -0.620. The maximum atomic E-state index is 11.1. The zero-order valence-electron chi connectivity index (χ0n) is 8.08.